The molecule has 104 valence electrons. The number of tetrazole rings is 1. The number of hydrogen-bond donors (Lipinski definition) is 1. The van der Waals surface area contributed by atoms with Gasteiger partial charge in [0.2, 0.25) is 0 Å². The van der Waals surface area contributed by atoms with Gasteiger partial charge in [-0.3, -0.25) is 0 Å². The van der Waals surface area contributed by atoms with Crippen molar-refractivity contribution < 1.29 is 8.42 Å². The Morgan fingerprint density at radius 1 is 1.33 bits per heavy atom. The second kappa shape index (κ2) is 6.24. The van der Waals surface area contributed by atoms with Gasteiger partial charge in [-0.25, -0.2) is 13.1 Å². The largest absolute Gasteiger partial charge is 0.307 e. The van der Waals surface area contributed by atoms with E-state index in [2.05, 4.69) is 34.7 Å². The van der Waals surface area contributed by atoms with E-state index < -0.39 is 9.84 Å². The van der Waals surface area contributed by atoms with Crippen molar-refractivity contribution >= 4 is 9.84 Å². The lowest BCUT2D eigenvalue weighted by Crippen LogP contribution is -2.27. The van der Waals surface area contributed by atoms with Gasteiger partial charge in [-0.15, -0.1) is 5.10 Å². The highest BCUT2D eigenvalue weighted by Crippen LogP contribution is 2.08. The van der Waals surface area contributed by atoms with Crippen LogP contribution in [0.25, 0.3) is 0 Å². The Labute approximate surface area is 108 Å². The third kappa shape index (κ3) is 5.09. The number of sulfone groups is 1. The van der Waals surface area contributed by atoms with Crippen LogP contribution in [0.1, 0.15) is 32.6 Å². The van der Waals surface area contributed by atoms with Crippen LogP contribution in [0, 0.1) is 5.92 Å². The molecule has 0 saturated carbocycles. The third-order valence-corrected chi connectivity index (χ3v) is 3.38. The van der Waals surface area contributed by atoms with Gasteiger partial charge in [0.25, 0.3) is 0 Å². The molecule has 1 unspecified atom stereocenters. The zero-order chi connectivity index (χ0) is 13.8. The number of nitrogens with one attached hydrogen (secondary N) is 1. The fourth-order valence-corrected chi connectivity index (χ4v) is 1.94. The first-order chi connectivity index (χ1) is 8.29. The minimum Gasteiger partial charge on any atom is -0.307 e. The third-order valence-electron chi connectivity index (χ3n) is 2.45. The summed E-state index contributed by atoms with van der Waals surface area (Å²) >= 11 is 0. The lowest BCUT2D eigenvalue weighted by atomic mass is 10.2. The van der Waals surface area contributed by atoms with Gasteiger partial charge in [-0.05, 0) is 29.8 Å². The van der Waals surface area contributed by atoms with Crippen LogP contribution >= 0.6 is 0 Å². The second-order valence-corrected chi connectivity index (χ2v) is 7.17. The molecule has 0 amide bonds. The molecular formula is C10H21N5O2S. The molecule has 0 spiro atoms. The molecule has 0 aliphatic heterocycles. The van der Waals surface area contributed by atoms with Crippen molar-refractivity contribution in [3.63, 3.8) is 0 Å². The van der Waals surface area contributed by atoms with Crippen LogP contribution in [0.3, 0.4) is 0 Å². The molecule has 1 atom stereocenters. The van der Waals surface area contributed by atoms with Crippen molar-refractivity contribution in [1.29, 1.82) is 0 Å². The van der Waals surface area contributed by atoms with E-state index in [4.69, 9.17) is 0 Å². The van der Waals surface area contributed by atoms with Crippen LogP contribution in [0.4, 0.5) is 0 Å². The average Bonchev–Trinajstić information content (AvgIpc) is 2.70. The van der Waals surface area contributed by atoms with Crippen molar-refractivity contribution in [3.8, 4) is 0 Å². The van der Waals surface area contributed by atoms with Crippen LogP contribution in [0.2, 0.25) is 0 Å². The molecule has 0 saturated heterocycles. The van der Waals surface area contributed by atoms with E-state index >= 15 is 0 Å². The fourth-order valence-electron chi connectivity index (χ4n) is 1.44. The number of aromatic nitrogens is 4. The summed E-state index contributed by atoms with van der Waals surface area (Å²) in [5.74, 6) is 1.24. The lowest BCUT2D eigenvalue weighted by molar-refractivity contribution is 0.458. The molecule has 1 aromatic heterocycles. The van der Waals surface area contributed by atoms with Crippen molar-refractivity contribution in [1.82, 2.24) is 25.5 Å². The number of aryl methyl sites for hydroxylation is 1. The molecule has 0 aliphatic rings. The summed E-state index contributed by atoms with van der Waals surface area (Å²) in [6.45, 7) is 7.35. The Morgan fingerprint density at radius 2 is 2.00 bits per heavy atom. The summed E-state index contributed by atoms with van der Waals surface area (Å²) in [4.78, 5) is 0. The Bertz CT molecular complexity index is 468. The molecule has 0 aromatic carbocycles. The summed E-state index contributed by atoms with van der Waals surface area (Å²) in [6, 6.07) is 0.00182. The van der Waals surface area contributed by atoms with Crippen LogP contribution < -0.4 is 5.32 Å². The van der Waals surface area contributed by atoms with Gasteiger partial charge in [-0.2, -0.15) is 0 Å². The molecule has 0 fully saturated rings. The van der Waals surface area contributed by atoms with E-state index in [0.717, 1.165) is 6.54 Å². The van der Waals surface area contributed by atoms with E-state index in [-0.39, 0.29) is 18.3 Å². The first kappa shape index (κ1) is 15.0. The monoisotopic (exact) mass is 275 g/mol. The molecule has 1 aromatic rings. The van der Waals surface area contributed by atoms with Gasteiger partial charge in [0.05, 0.1) is 18.3 Å². The van der Waals surface area contributed by atoms with Crippen molar-refractivity contribution in [3.05, 3.63) is 5.82 Å². The minimum atomic E-state index is -3.01. The lowest BCUT2D eigenvalue weighted by Gasteiger charge is -2.14. The average molecular weight is 275 g/mol. The van der Waals surface area contributed by atoms with Crippen molar-refractivity contribution in [2.24, 2.45) is 5.92 Å². The topological polar surface area (TPSA) is 89.8 Å². The number of nitrogens with zero attached hydrogens (tertiary/aromatic N) is 4. The predicted molar refractivity (Wildman–Crippen MR) is 68.8 cm³/mol. The van der Waals surface area contributed by atoms with Gasteiger partial charge in [0, 0.05) is 6.26 Å². The smallest absolute Gasteiger partial charge is 0.167 e. The molecule has 1 heterocycles. The summed E-state index contributed by atoms with van der Waals surface area (Å²) in [6.07, 6.45) is 1.21. The van der Waals surface area contributed by atoms with E-state index in [1.165, 1.54) is 6.26 Å². The van der Waals surface area contributed by atoms with Gasteiger partial charge >= 0.3 is 0 Å². The summed E-state index contributed by atoms with van der Waals surface area (Å²) in [7, 11) is -3.01. The SMILES string of the molecule is CC(C)CNC(C)c1nnnn1CCS(C)(=O)=O. The Hall–Kier alpha value is -1.02. The predicted octanol–water partition coefficient (Wildman–Crippen LogP) is 0.0243. The molecule has 0 radical (unpaired) electrons. The summed E-state index contributed by atoms with van der Waals surface area (Å²) in [5.41, 5.74) is 0. The van der Waals surface area contributed by atoms with E-state index in [1.807, 2.05) is 6.92 Å². The number of rotatable bonds is 7. The first-order valence-electron chi connectivity index (χ1n) is 5.96. The maximum atomic E-state index is 11.1. The Morgan fingerprint density at radius 3 is 2.56 bits per heavy atom. The summed E-state index contributed by atoms with van der Waals surface area (Å²) in [5, 5.41) is 14.7. The highest BCUT2D eigenvalue weighted by Gasteiger charge is 2.15. The second-order valence-electron chi connectivity index (χ2n) is 4.91. The maximum absolute atomic E-state index is 11.1. The van der Waals surface area contributed by atoms with Crippen molar-refractivity contribution in [2.45, 2.75) is 33.4 Å². The molecule has 1 rings (SSSR count). The highest BCUT2D eigenvalue weighted by molar-refractivity contribution is 7.90. The van der Waals surface area contributed by atoms with Crippen LogP contribution in [0.15, 0.2) is 0 Å². The van der Waals surface area contributed by atoms with Gasteiger partial charge < -0.3 is 5.32 Å². The molecule has 1 N–H and O–H groups in total. The highest BCUT2D eigenvalue weighted by atomic mass is 32.2. The van der Waals surface area contributed by atoms with Gasteiger partial charge in [0.1, 0.15) is 9.84 Å². The van der Waals surface area contributed by atoms with E-state index in [0.29, 0.717) is 11.7 Å². The van der Waals surface area contributed by atoms with Crippen LogP contribution in [0.5, 0.6) is 0 Å². The molecular weight excluding hydrogens is 254 g/mol. The van der Waals surface area contributed by atoms with E-state index in [9.17, 15) is 8.42 Å². The molecule has 0 bridgehead atoms. The van der Waals surface area contributed by atoms with Gasteiger partial charge in [-0.1, -0.05) is 13.8 Å². The molecule has 8 heteroatoms. The van der Waals surface area contributed by atoms with Crippen LogP contribution in [-0.4, -0.2) is 47.2 Å². The zero-order valence-electron chi connectivity index (χ0n) is 11.3. The minimum absolute atomic E-state index is 0.00182. The molecule has 18 heavy (non-hydrogen) atoms. The zero-order valence-corrected chi connectivity index (χ0v) is 12.1. The van der Waals surface area contributed by atoms with Gasteiger partial charge in [0.15, 0.2) is 5.82 Å². The standard InChI is InChI=1S/C10H21N5O2S/c1-8(2)7-11-9(3)10-12-13-14-15(10)5-6-18(4,16)17/h8-9,11H,5-7H2,1-4H3. The van der Waals surface area contributed by atoms with Crippen molar-refractivity contribution in [2.75, 3.05) is 18.6 Å². The molecule has 7 nitrogen and oxygen atoms in total. The van der Waals surface area contributed by atoms with Crippen LogP contribution in [-0.2, 0) is 16.4 Å². The first-order valence-corrected chi connectivity index (χ1v) is 8.03. The quantitative estimate of drug-likeness (QED) is 0.755. The summed E-state index contributed by atoms with van der Waals surface area (Å²) < 4.78 is 23.8. The fraction of sp³-hybridized carbons (Fsp3) is 0.900. The Balaban J connectivity index is 2.64. The number of hydrogen-bond acceptors (Lipinski definition) is 6. The normalized spacial score (nSPS) is 14.1. The molecule has 0 aliphatic carbocycles. The maximum Gasteiger partial charge on any atom is 0.167 e. The Kier molecular flexibility index (Phi) is 5.21. The van der Waals surface area contributed by atoms with E-state index in [1.54, 1.807) is 4.68 Å².